The van der Waals surface area contributed by atoms with Gasteiger partial charge in [0.05, 0.1) is 19.8 Å². The van der Waals surface area contributed by atoms with Gasteiger partial charge in [0.1, 0.15) is 0 Å². The van der Waals surface area contributed by atoms with E-state index in [4.69, 9.17) is 20.6 Å². The van der Waals surface area contributed by atoms with E-state index in [1.165, 1.54) is 0 Å². The summed E-state index contributed by atoms with van der Waals surface area (Å²) >= 11 is 0. The third kappa shape index (κ3) is 3.96. The lowest BCUT2D eigenvalue weighted by molar-refractivity contribution is -0.120. The van der Waals surface area contributed by atoms with Crippen LogP contribution in [0.2, 0.25) is 0 Å². The van der Waals surface area contributed by atoms with Crippen LogP contribution in [0.3, 0.4) is 0 Å². The average molecular weight is 381 g/mol. The highest BCUT2D eigenvalue weighted by atomic mass is 16.5. The van der Waals surface area contributed by atoms with E-state index in [-0.39, 0.29) is 6.04 Å². The van der Waals surface area contributed by atoms with Gasteiger partial charge >= 0.3 is 0 Å². The maximum absolute atomic E-state index is 11.7. The molecule has 1 unspecified atom stereocenters. The zero-order valence-corrected chi connectivity index (χ0v) is 16.4. The van der Waals surface area contributed by atoms with E-state index >= 15 is 0 Å². The van der Waals surface area contributed by atoms with Crippen LogP contribution in [-0.4, -0.2) is 37.3 Å². The molecule has 0 aliphatic carbocycles. The van der Waals surface area contributed by atoms with Crippen LogP contribution < -0.4 is 15.2 Å². The Morgan fingerprint density at radius 3 is 2.79 bits per heavy atom. The number of nitrogens with zero attached hydrogens (tertiary/aromatic N) is 1. The standard InChI is InChI=1S/C22H27N3O3/c1-3-28-22-13-17-15(12-21(22)27-2)10-11-25(14-26)20(17)9-8-19(24)16-6-4-5-7-18(16)23/h4-7,12-14,20,24H,3,8-11,23H2,1-2H3. The van der Waals surface area contributed by atoms with Gasteiger partial charge in [0.15, 0.2) is 11.5 Å². The van der Waals surface area contributed by atoms with Crippen molar-refractivity contribution in [1.82, 2.24) is 4.90 Å². The average Bonchev–Trinajstić information content (AvgIpc) is 2.71. The number of nitrogens with one attached hydrogen (secondary N) is 1. The van der Waals surface area contributed by atoms with Gasteiger partial charge in [0.2, 0.25) is 6.41 Å². The highest BCUT2D eigenvalue weighted by molar-refractivity contribution is 6.02. The SMILES string of the molecule is CCOc1cc2c(cc1OC)CCN(C=O)C2CCC(=N)c1ccccc1N. The van der Waals surface area contributed by atoms with Crippen LogP contribution in [0.25, 0.3) is 0 Å². The first-order valence-corrected chi connectivity index (χ1v) is 9.56. The highest BCUT2D eigenvalue weighted by Crippen LogP contribution is 2.39. The number of benzene rings is 2. The van der Waals surface area contributed by atoms with E-state index in [0.717, 1.165) is 29.5 Å². The number of carbonyl (C=O) groups is 1. The van der Waals surface area contributed by atoms with E-state index in [0.29, 0.717) is 48.9 Å². The second-order valence-corrected chi connectivity index (χ2v) is 6.85. The lowest BCUT2D eigenvalue weighted by Crippen LogP contribution is -2.34. The molecule has 1 amide bonds. The van der Waals surface area contributed by atoms with Crippen molar-refractivity contribution in [3.05, 3.63) is 53.1 Å². The maximum atomic E-state index is 11.7. The van der Waals surface area contributed by atoms with Crippen LogP contribution in [-0.2, 0) is 11.2 Å². The van der Waals surface area contributed by atoms with Gasteiger partial charge in [-0.25, -0.2) is 0 Å². The normalized spacial score (nSPS) is 15.6. The molecule has 3 rings (SSSR count). The zero-order valence-electron chi connectivity index (χ0n) is 16.4. The zero-order chi connectivity index (χ0) is 20.1. The summed E-state index contributed by atoms with van der Waals surface area (Å²) < 4.78 is 11.2. The van der Waals surface area contributed by atoms with Gasteiger partial charge < -0.3 is 25.5 Å². The highest BCUT2D eigenvalue weighted by Gasteiger charge is 2.28. The Kier molecular flexibility index (Phi) is 6.19. The topological polar surface area (TPSA) is 88.6 Å². The molecule has 2 aromatic rings. The molecular formula is C22H27N3O3. The Balaban J connectivity index is 1.87. The Hall–Kier alpha value is -3.02. The van der Waals surface area contributed by atoms with E-state index < -0.39 is 0 Å². The van der Waals surface area contributed by atoms with Gasteiger partial charge in [-0.2, -0.15) is 0 Å². The fourth-order valence-corrected chi connectivity index (χ4v) is 3.79. The summed E-state index contributed by atoms with van der Waals surface area (Å²) in [5.41, 5.74) is 10.1. The number of anilines is 1. The Labute approximate surface area is 165 Å². The molecule has 0 fully saturated rings. The van der Waals surface area contributed by atoms with Crippen molar-refractivity contribution >= 4 is 17.8 Å². The Morgan fingerprint density at radius 1 is 1.32 bits per heavy atom. The fraction of sp³-hybridized carbons (Fsp3) is 0.364. The Bertz CT molecular complexity index is 866. The van der Waals surface area contributed by atoms with Gasteiger partial charge in [-0.3, -0.25) is 4.79 Å². The summed E-state index contributed by atoms with van der Waals surface area (Å²) in [6.07, 6.45) is 2.85. The van der Waals surface area contributed by atoms with E-state index in [2.05, 4.69) is 0 Å². The molecule has 0 aromatic heterocycles. The van der Waals surface area contributed by atoms with Gasteiger partial charge in [-0.05, 0) is 55.5 Å². The number of ether oxygens (including phenoxy) is 2. The smallest absolute Gasteiger partial charge is 0.210 e. The summed E-state index contributed by atoms with van der Waals surface area (Å²) in [5, 5.41) is 8.44. The number of rotatable bonds is 8. The van der Waals surface area contributed by atoms with Crippen molar-refractivity contribution in [3.8, 4) is 11.5 Å². The number of carbonyl (C=O) groups excluding carboxylic acids is 1. The lowest BCUT2D eigenvalue weighted by atomic mass is 9.88. The summed E-state index contributed by atoms with van der Waals surface area (Å²) in [4.78, 5) is 13.5. The first-order chi connectivity index (χ1) is 13.6. The van der Waals surface area contributed by atoms with E-state index in [1.807, 2.05) is 42.2 Å². The molecule has 0 saturated heterocycles. The van der Waals surface area contributed by atoms with Crippen LogP contribution in [0.15, 0.2) is 36.4 Å². The first kappa shape index (κ1) is 19.7. The third-order valence-electron chi connectivity index (χ3n) is 5.21. The summed E-state index contributed by atoms with van der Waals surface area (Å²) in [7, 11) is 1.63. The van der Waals surface area contributed by atoms with Crippen LogP contribution in [0.4, 0.5) is 5.69 Å². The van der Waals surface area contributed by atoms with Crippen molar-refractivity contribution < 1.29 is 14.3 Å². The van der Waals surface area contributed by atoms with Crippen LogP contribution in [0, 0.1) is 5.41 Å². The molecule has 6 heteroatoms. The molecule has 1 atom stereocenters. The minimum absolute atomic E-state index is 0.100. The number of nitrogens with two attached hydrogens (primary N) is 1. The molecule has 6 nitrogen and oxygen atoms in total. The molecule has 1 heterocycles. The molecule has 0 saturated carbocycles. The molecule has 2 aromatic carbocycles. The molecule has 1 aliphatic heterocycles. The molecule has 3 N–H and O–H groups in total. The quantitative estimate of drug-likeness (QED) is 0.416. The fourth-order valence-electron chi connectivity index (χ4n) is 3.79. The first-order valence-electron chi connectivity index (χ1n) is 9.56. The minimum Gasteiger partial charge on any atom is -0.493 e. The van der Waals surface area contributed by atoms with Gasteiger partial charge in [-0.15, -0.1) is 0 Å². The van der Waals surface area contributed by atoms with Crippen molar-refractivity contribution in [1.29, 1.82) is 5.41 Å². The van der Waals surface area contributed by atoms with Crippen LogP contribution in [0.5, 0.6) is 11.5 Å². The van der Waals surface area contributed by atoms with Crippen molar-refractivity contribution in [3.63, 3.8) is 0 Å². The summed E-state index contributed by atoms with van der Waals surface area (Å²) in [6.45, 7) is 3.12. The van der Waals surface area contributed by atoms with Crippen LogP contribution >= 0.6 is 0 Å². The number of fused-ring (bicyclic) bond motifs is 1. The monoisotopic (exact) mass is 381 g/mol. The molecule has 1 aliphatic rings. The van der Waals surface area contributed by atoms with Crippen molar-refractivity contribution in [2.24, 2.45) is 0 Å². The lowest BCUT2D eigenvalue weighted by Gasteiger charge is -2.35. The maximum Gasteiger partial charge on any atom is 0.210 e. The summed E-state index contributed by atoms with van der Waals surface area (Å²) in [5.74, 6) is 1.40. The van der Waals surface area contributed by atoms with Crippen molar-refractivity contribution in [2.75, 3.05) is 26.0 Å². The van der Waals surface area contributed by atoms with Gasteiger partial charge in [-0.1, -0.05) is 18.2 Å². The molecule has 0 bridgehead atoms. The van der Waals surface area contributed by atoms with Crippen LogP contribution in [0.1, 0.15) is 42.5 Å². The summed E-state index contributed by atoms with van der Waals surface area (Å²) in [6, 6.07) is 11.3. The third-order valence-corrected chi connectivity index (χ3v) is 5.21. The number of para-hydroxylation sites is 1. The number of hydrogen-bond donors (Lipinski definition) is 2. The minimum atomic E-state index is -0.100. The van der Waals surface area contributed by atoms with Crippen molar-refractivity contribution in [2.45, 2.75) is 32.2 Å². The molecule has 148 valence electrons. The number of amides is 1. The molecule has 28 heavy (non-hydrogen) atoms. The molecule has 0 spiro atoms. The second-order valence-electron chi connectivity index (χ2n) is 6.85. The number of methoxy groups -OCH3 is 1. The predicted molar refractivity (Wildman–Crippen MR) is 110 cm³/mol. The predicted octanol–water partition coefficient (Wildman–Crippen LogP) is 3.58. The Morgan fingerprint density at radius 2 is 2.11 bits per heavy atom. The van der Waals surface area contributed by atoms with Gasteiger partial charge in [0, 0.05) is 23.5 Å². The van der Waals surface area contributed by atoms with Gasteiger partial charge in [0.25, 0.3) is 0 Å². The number of nitrogen functional groups attached to an aromatic ring is 1. The molecular weight excluding hydrogens is 354 g/mol. The second kappa shape index (κ2) is 8.78. The van der Waals surface area contributed by atoms with E-state index in [1.54, 1.807) is 13.2 Å². The number of hydrogen-bond acceptors (Lipinski definition) is 5. The van der Waals surface area contributed by atoms with E-state index in [9.17, 15) is 4.79 Å². The molecule has 0 radical (unpaired) electrons. The largest absolute Gasteiger partial charge is 0.493 e.